The lowest BCUT2D eigenvalue weighted by molar-refractivity contribution is 0.0954. The molecule has 1 heterocycles. The van der Waals surface area contributed by atoms with Crippen LogP contribution in [0.3, 0.4) is 0 Å². The summed E-state index contributed by atoms with van der Waals surface area (Å²) in [6, 6.07) is 11.4. The number of amides is 1. The highest BCUT2D eigenvalue weighted by atomic mass is 35.5. The van der Waals surface area contributed by atoms with Gasteiger partial charge in [0, 0.05) is 34.2 Å². The minimum atomic E-state index is -0.265. The lowest BCUT2D eigenvalue weighted by Gasteiger charge is -2.05. The zero-order valence-corrected chi connectivity index (χ0v) is 12.5. The van der Waals surface area contributed by atoms with E-state index in [2.05, 4.69) is 10.3 Å². The highest BCUT2D eigenvalue weighted by Gasteiger charge is 2.07. The summed E-state index contributed by atoms with van der Waals surface area (Å²) < 4.78 is 13.3. The van der Waals surface area contributed by atoms with Crippen molar-refractivity contribution in [3.63, 3.8) is 0 Å². The van der Waals surface area contributed by atoms with E-state index in [0.29, 0.717) is 23.6 Å². The average molecular weight is 317 g/mol. The zero-order chi connectivity index (χ0) is 15.5. The molecule has 0 aliphatic carbocycles. The van der Waals surface area contributed by atoms with E-state index in [-0.39, 0.29) is 11.7 Å². The average Bonchev–Trinajstić information content (AvgIpc) is 2.90. The molecule has 0 saturated carbocycles. The second-order valence-corrected chi connectivity index (χ2v) is 5.45. The van der Waals surface area contributed by atoms with E-state index in [0.717, 1.165) is 16.5 Å². The zero-order valence-electron chi connectivity index (χ0n) is 11.7. The number of carbonyl (C=O) groups is 1. The van der Waals surface area contributed by atoms with E-state index in [1.165, 1.54) is 12.1 Å². The highest BCUT2D eigenvalue weighted by Crippen LogP contribution is 2.19. The van der Waals surface area contributed by atoms with Gasteiger partial charge in [0.2, 0.25) is 0 Å². The van der Waals surface area contributed by atoms with Gasteiger partial charge in [0.05, 0.1) is 0 Å². The summed E-state index contributed by atoms with van der Waals surface area (Å²) in [6.45, 7) is 0.477. The number of halogens is 2. The van der Waals surface area contributed by atoms with Crippen LogP contribution in [-0.2, 0) is 6.42 Å². The number of carbonyl (C=O) groups excluding carboxylic acids is 1. The van der Waals surface area contributed by atoms with Crippen LogP contribution in [0.25, 0.3) is 10.9 Å². The van der Waals surface area contributed by atoms with E-state index >= 15 is 0 Å². The van der Waals surface area contributed by atoms with E-state index in [4.69, 9.17) is 11.6 Å². The van der Waals surface area contributed by atoms with Crippen molar-refractivity contribution < 1.29 is 9.18 Å². The summed E-state index contributed by atoms with van der Waals surface area (Å²) in [4.78, 5) is 15.1. The first-order valence-electron chi connectivity index (χ1n) is 6.93. The fourth-order valence-corrected chi connectivity index (χ4v) is 2.50. The van der Waals surface area contributed by atoms with Gasteiger partial charge >= 0.3 is 0 Å². The van der Waals surface area contributed by atoms with Gasteiger partial charge in [0.15, 0.2) is 0 Å². The quantitative estimate of drug-likeness (QED) is 0.752. The van der Waals surface area contributed by atoms with Gasteiger partial charge in [0.25, 0.3) is 5.91 Å². The summed E-state index contributed by atoms with van der Waals surface area (Å²) in [5.41, 5.74) is 2.43. The number of aromatic nitrogens is 1. The van der Waals surface area contributed by atoms with Gasteiger partial charge in [-0.25, -0.2) is 4.39 Å². The summed E-state index contributed by atoms with van der Waals surface area (Å²) in [5.74, 6) is -0.416. The fraction of sp³-hybridized carbons (Fsp3) is 0.118. The normalized spacial score (nSPS) is 10.8. The van der Waals surface area contributed by atoms with Gasteiger partial charge in [-0.1, -0.05) is 11.6 Å². The molecule has 1 amide bonds. The molecule has 2 N–H and O–H groups in total. The van der Waals surface area contributed by atoms with Crippen molar-refractivity contribution in [2.75, 3.05) is 6.54 Å². The van der Waals surface area contributed by atoms with Crippen LogP contribution in [0.5, 0.6) is 0 Å². The van der Waals surface area contributed by atoms with Gasteiger partial charge < -0.3 is 10.3 Å². The molecule has 3 rings (SSSR count). The number of hydrogen-bond donors (Lipinski definition) is 2. The van der Waals surface area contributed by atoms with Crippen molar-refractivity contribution in [1.29, 1.82) is 0 Å². The second-order valence-electron chi connectivity index (χ2n) is 5.02. The Hall–Kier alpha value is -2.33. The molecular weight excluding hydrogens is 303 g/mol. The van der Waals surface area contributed by atoms with Crippen molar-refractivity contribution in [3.8, 4) is 0 Å². The van der Waals surface area contributed by atoms with Crippen molar-refractivity contribution in [3.05, 3.63) is 70.6 Å². The lowest BCUT2D eigenvalue weighted by Crippen LogP contribution is -2.25. The molecule has 0 aliphatic heterocycles. The first kappa shape index (κ1) is 14.6. The number of hydrogen-bond acceptors (Lipinski definition) is 1. The summed E-state index contributed by atoms with van der Waals surface area (Å²) >= 11 is 5.79. The molecule has 0 spiro atoms. The Morgan fingerprint density at radius 3 is 2.73 bits per heavy atom. The maximum absolute atomic E-state index is 13.3. The molecule has 0 unspecified atom stereocenters. The molecule has 112 valence electrons. The Morgan fingerprint density at radius 2 is 1.95 bits per heavy atom. The Balaban J connectivity index is 1.63. The molecule has 22 heavy (non-hydrogen) atoms. The van der Waals surface area contributed by atoms with Gasteiger partial charge in [-0.3, -0.25) is 4.79 Å². The van der Waals surface area contributed by atoms with Gasteiger partial charge in [0.1, 0.15) is 5.82 Å². The minimum Gasteiger partial charge on any atom is -0.361 e. The Kier molecular flexibility index (Phi) is 4.11. The van der Waals surface area contributed by atoms with Crippen LogP contribution in [0.15, 0.2) is 48.7 Å². The maximum Gasteiger partial charge on any atom is 0.251 e. The number of aromatic amines is 1. The lowest BCUT2D eigenvalue weighted by atomic mass is 10.1. The molecule has 2 aromatic carbocycles. The smallest absolute Gasteiger partial charge is 0.251 e. The van der Waals surface area contributed by atoms with Gasteiger partial charge in [-0.2, -0.15) is 0 Å². The van der Waals surface area contributed by atoms with Crippen LogP contribution in [-0.4, -0.2) is 17.4 Å². The molecule has 3 aromatic rings. The summed E-state index contributed by atoms with van der Waals surface area (Å²) in [7, 11) is 0. The first-order chi connectivity index (χ1) is 10.6. The minimum absolute atomic E-state index is 0.150. The molecule has 0 saturated heterocycles. The number of fused-ring (bicyclic) bond motifs is 1. The molecule has 0 fully saturated rings. The first-order valence-corrected chi connectivity index (χ1v) is 7.30. The topological polar surface area (TPSA) is 44.9 Å². The molecule has 5 heteroatoms. The highest BCUT2D eigenvalue weighted by molar-refractivity contribution is 6.30. The van der Waals surface area contributed by atoms with E-state index in [1.54, 1.807) is 30.3 Å². The van der Waals surface area contributed by atoms with Gasteiger partial charge in [-0.05, 0) is 54.4 Å². The molecule has 0 atom stereocenters. The SMILES string of the molecule is O=C(NCCc1c[nH]c2ccc(F)cc12)c1ccc(Cl)cc1. The standard InChI is InChI=1S/C17H14ClFN2O/c18-13-3-1-11(2-4-13)17(22)20-8-7-12-10-21-16-6-5-14(19)9-15(12)16/h1-6,9-10,21H,7-8H2,(H,20,22). The predicted molar refractivity (Wildman–Crippen MR) is 85.7 cm³/mol. The van der Waals surface area contributed by atoms with Gasteiger partial charge in [-0.15, -0.1) is 0 Å². The monoisotopic (exact) mass is 316 g/mol. The van der Waals surface area contributed by atoms with Crippen LogP contribution in [0, 0.1) is 5.82 Å². The molecule has 0 radical (unpaired) electrons. The number of rotatable bonds is 4. The third-order valence-electron chi connectivity index (χ3n) is 3.52. The van der Waals surface area contributed by atoms with Crippen molar-refractivity contribution in [2.24, 2.45) is 0 Å². The summed E-state index contributed by atoms with van der Waals surface area (Å²) in [5, 5.41) is 4.29. The second kappa shape index (κ2) is 6.20. The Morgan fingerprint density at radius 1 is 1.18 bits per heavy atom. The fourth-order valence-electron chi connectivity index (χ4n) is 2.37. The van der Waals surface area contributed by atoms with Crippen molar-refractivity contribution in [1.82, 2.24) is 10.3 Å². The van der Waals surface area contributed by atoms with Crippen LogP contribution in [0.4, 0.5) is 4.39 Å². The van der Waals surface area contributed by atoms with Crippen LogP contribution in [0.2, 0.25) is 5.02 Å². The number of nitrogens with one attached hydrogen (secondary N) is 2. The molecular formula is C17H14ClFN2O. The number of H-pyrrole nitrogens is 1. The van der Waals surface area contributed by atoms with Crippen LogP contribution < -0.4 is 5.32 Å². The van der Waals surface area contributed by atoms with Crippen molar-refractivity contribution >= 4 is 28.4 Å². The summed E-state index contributed by atoms with van der Waals surface area (Å²) in [6.07, 6.45) is 2.47. The largest absolute Gasteiger partial charge is 0.361 e. The Bertz CT molecular complexity index is 811. The predicted octanol–water partition coefficient (Wildman–Crippen LogP) is 3.93. The van der Waals surface area contributed by atoms with E-state index in [9.17, 15) is 9.18 Å². The Labute approximate surface area is 132 Å². The van der Waals surface area contributed by atoms with Crippen LogP contribution in [0.1, 0.15) is 15.9 Å². The molecule has 0 bridgehead atoms. The molecule has 3 nitrogen and oxygen atoms in total. The molecule has 0 aliphatic rings. The third-order valence-corrected chi connectivity index (χ3v) is 3.77. The van der Waals surface area contributed by atoms with Crippen molar-refractivity contribution in [2.45, 2.75) is 6.42 Å². The van der Waals surface area contributed by atoms with E-state index in [1.807, 2.05) is 6.20 Å². The van der Waals surface area contributed by atoms with E-state index < -0.39 is 0 Å². The molecule has 1 aromatic heterocycles. The third kappa shape index (κ3) is 3.12. The maximum atomic E-state index is 13.3. The van der Waals surface area contributed by atoms with Crippen LogP contribution >= 0.6 is 11.6 Å². The number of benzene rings is 2.